The second-order valence-electron chi connectivity index (χ2n) is 5.90. The predicted octanol–water partition coefficient (Wildman–Crippen LogP) is 3.91. The Balaban J connectivity index is 1.76. The van der Waals surface area contributed by atoms with E-state index in [-0.39, 0.29) is 16.3 Å². The number of halogens is 4. The second kappa shape index (κ2) is 7.12. The van der Waals surface area contributed by atoms with Crippen molar-refractivity contribution in [3.8, 4) is 0 Å². The molecule has 0 aliphatic carbocycles. The molecule has 0 bridgehead atoms. The lowest BCUT2D eigenvalue weighted by Crippen LogP contribution is -2.34. The first-order chi connectivity index (χ1) is 13.1. The SMILES string of the molecule is Cc1nn(C)c2ncc(C(=O)NC(=O)Nc3cc(C(F)(F)F)ccc3Cl)cc12. The molecule has 0 aliphatic rings. The molecule has 28 heavy (non-hydrogen) atoms. The van der Waals surface area contributed by atoms with Crippen LogP contribution in [0.3, 0.4) is 0 Å². The third-order valence-electron chi connectivity index (χ3n) is 3.89. The summed E-state index contributed by atoms with van der Waals surface area (Å²) in [5.41, 5.74) is 0.0432. The fraction of sp³-hybridized carbons (Fsp3) is 0.176. The van der Waals surface area contributed by atoms with E-state index in [0.717, 1.165) is 12.1 Å². The van der Waals surface area contributed by atoms with Crippen LogP contribution in [0.25, 0.3) is 11.0 Å². The number of amides is 3. The molecule has 0 spiro atoms. The average Bonchev–Trinajstić information content (AvgIpc) is 2.89. The van der Waals surface area contributed by atoms with E-state index in [4.69, 9.17) is 11.6 Å². The number of anilines is 1. The number of carbonyl (C=O) groups is 2. The minimum Gasteiger partial charge on any atom is -0.306 e. The number of pyridine rings is 1. The number of hydrogen-bond acceptors (Lipinski definition) is 4. The summed E-state index contributed by atoms with van der Waals surface area (Å²) in [7, 11) is 1.70. The molecule has 2 aromatic heterocycles. The van der Waals surface area contributed by atoms with Crippen LogP contribution in [0.1, 0.15) is 21.6 Å². The lowest BCUT2D eigenvalue weighted by Gasteiger charge is -2.12. The molecule has 7 nitrogen and oxygen atoms in total. The summed E-state index contributed by atoms with van der Waals surface area (Å²) in [5, 5.41) is 8.87. The van der Waals surface area contributed by atoms with Crippen LogP contribution in [0.15, 0.2) is 30.5 Å². The van der Waals surface area contributed by atoms with Gasteiger partial charge in [-0.1, -0.05) is 11.6 Å². The Hall–Kier alpha value is -3.14. The van der Waals surface area contributed by atoms with E-state index in [0.29, 0.717) is 22.8 Å². The van der Waals surface area contributed by atoms with Crippen LogP contribution in [0.2, 0.25) is 5.02 Å². The van der Waals surface area contributed by atoms with Gasteiger partial charge in [-0.25, -0.2) is 9.78 Å². The Labute approximate surface area is 161 Å². The molecular formula is C17H13ClF3N5O2. The summed E-state index contributed by atoms with van der Waals surface area (Å²) >= 11 is 5.81. The molecule has 11 heteroatoms. The number of rotatable bonds is 2. The van der Waals surface area contributed by atoms with Gasteiger partial charge in [0, 0.05) is 18.6 Å². The fourth-order valence-corrected chi connectivity index (χ4v) is 2.72. The van der Waals surface area contributed by atoms with E-state index in [1.165, 1.54) is 12.3 Å². The van der Waals surface area contributed by atoms with Gasteiger partial charge >= 0.3 is 12.2 Å². The van der Waals surface area contributed by atoms with Crippen LogP contribution in [-0.4, -0.2) is 26.7 Å². The summed E-state index contributed by atoms with van der Waals surface area (Å²) in [6.07, 6.45) is -3.33. The highest BCUT2D eigenvalue weighted by Crippen LogP contribution is 2.33. The highest BCUT2D eigenvalue weighted by Gasteiger charge is 2.31. The van der Waals surface area contributed by atoms with E-state index >= 15 is 0 Å². The van der Waals surface area contributed by atoms with Gasteiger partial charge in [-0.15, -0.1) is 0 Å². The molecule has 0 saturated heterocycles. The average molecular weight is 412 g/mol. The van der Waals surface area contributed by atoms with Crippen molar-refractivity contribution in [1.82, 2.24) is 20.1 Å². The Morgan fingerprint density at radius 1 is 1.21 bits per heavy atom. The van der Waals surface area contributed by atoms with Crippen LogP contribution in [0, 0.1) is 6.92 Å². The van der Waals surface area contributed by atoms with Gasteiger partial charge in [0.2, 0.25) is 0 Å². The number of alkyl halides is 3. The summed E-state index contributed by atoms with van der Waals surface area (Å²) in [6.45, 7) is 1.74. The van der Waals surface area contributed by atoms with Gasteiger partial charge in [-0.2, -0.15) is 18.3 Å². The largest absolute Gasteiger partial charge is 0.416 e. The second-order valence-corrected chi connectivity index (χ2v) is 6.31. The maximum Gasteiger partial charge on any atom is 0.416 e. The van der Waals surface area contributed by atoms with Crippen molar-refractivity contribution in [1.29, 1.82) is 0 Å². The third-order valence-corrected chi connectivity index (χ3v) is 4.22. The van der Waals surface area contributed by atoms with Crippen LogP contribution in [-0.2, 0) is 13.2 Å². The monoisotopic (exact) mass is 411 g/mol. The van der Waals surface area contributed by atoms with Gasteiger partial charge < -0.3 is 5.32 Å². The van der Waals surface area contributed by atoms with E-state index in [2.05, 4.69) is 15.4 Å². The van der Waals surface area contributed by atoms with Crippen molar-refractivity contribution in [3.63, 3.8) is 0 Å². The molecule has 1 aromatic carbocycles. The van der Waals surface area contributed by atoms with E-state index < -0.39 is 23.7 Å². The number of nitrogens with one attached hydrogen (secondary N) is 2. The number of aryl methyl sites for hydroxylation is 2. The van der Waals surface area contributed by atoms with E-state index in [1.807, 2.05) is 5.32 Å². The van der Waals surface area contributed by atoms with Crippen molar-refractivity contribution in [2.75, 3.05) is 5.32 Å². The van der Waals surface area contributed by atoms with Crippen molar-refractivity contribution in [3.05, 3.63) is 52.3 Å². The smallest absolute Gasteiger partial charge is 0.306 e. The molecule has 146 valence electrons. The topological polar surface area (TPSA) is 88.9 Å². The van der Waals surface area contributed by atoms with Crippen LogP contribution < -0.4 is 10.6 Å². The van der Waals surface area contributed by atoms with Crippen molar-refractivity contribution >= 4 is 40.3 Å². The summed E-state index contributed by atoms with van der Waals surface area (Å²) in [4.78, 5) is 28.4. The maximum absolute atomic E-state index is 12.8. The first-order valence-corrected chi connectivity index (χ1v) is 8.22. The number of hydrogen-bond donors (Lipinski definition) is 2. The van der Waals surface area contributed by atoms with Crippen molar-refractivity contribution < 1.29 is 22.8 Å². The number of urea groups is 1. The molecule has 2 heterocycles. The Bertz CT molecular complexity index is 1090. The standard InChI is InChI=1S/C17H13ClF3N5O2/c1-8-11-5-9(7-22-14(11)26(2)25-8)15(27)24-16(28)23-13-6-10(17(19,20)21)3-4-12(13)18/h3-7H,1-2H3,(H2,23,24,27,28). The van der Waals surface area contributed by atoms with Gasteiger partial charge in [-0.3, -0.25) is 14.8 Å². The zero-order chi connectivity index (χ0) is 20.6. The number of fused-ring (bicyclic) bond motifs is 1. The quantitative estimate of drug-likeness (QED) is 0.669. The van der Waals surface area contributed by atoms with Gasteiger partial charge in [0.1, 0.15) is 0 Å². The van der Waals surface area contributed by atoms with Gasteiger partial charge in [-0.05, 0) is 31.2 Å². The fourth-order valence-electron chi connectivity index (χ4n) is 2.56. The minimum atomic E-state index is -4.60. The Morgan fingerprint density at radius 3 is 2.61 bits per heavy atom. The van der Waals surface area contributed by atoms with Gasteiger partial charge in [0.05, 0.1) is 27.5 Å². The molecule has 0 fully saturated rings. The number of aromatic nitrogens is 3. The number of benzene rings is 1. The van der Waals surface area contributed by atoms with E-state index in [9.17, 15) is 22.8 Å². The molecule has 0 aliphatic heterocycles. The Kier molecular flexibility index (Phi) is 4.99. The first kappa shape index (κ1) is 19.6. The van der Waals surface area contributed by atoms with Crippen molar-refractivity contribution in [2.45, 2.75) is 13.1 Å². The minimum absolute atomic E-state index is 0.0916. The molecule has 0 atom stereocenters. The predicted molar refractivity (Wildman–Crippen MR) is 96.2 cm³/mol. The van der Waals surface area contributed by atoms with Gasteiger partial charge in [0.25, 0.3) is 5.91 Å². The highest BCUT2D eigenvalue weighted by molar-refractivity contribution is 6.33. The number of carbonyl (C=O) groups excluding carboxylic acids is 2. The molecule has 2 N–H and O–H groups in total. The summed E-state index contributed by atoms with van der Waals surface area (Å²) in [5.74, 6) is -0.779. The van der Waals surface area contributed by atoms with E-state index in [1.54, 1.807) is 18.7 Å². The van der Waals surface area contributed by atoms with Crippen LogP contribution in [0.5, 0.6) is 0 Å². The first-order valence-electron chi connectivity index (χ1n) is 7.84. The molecular weight excluding hydrogens is 399 g/mol. The molecule has 3 amide bonds. The lowest BCUT2D eigenvalue weighted by atomic mass is 10.2. The molecule has 3 rings (SSSR count). The van der Waals surface area contributed by atoms with Crippen molar-refractivity contribution in [2.24, 2.45) is 7.05 Å². The molecule has 0 unspecified atom stereocenters. The lowest BCUT2D eigenvalue weighted by molar-refractivity contribution is -0.137. The number of imide groups is 1. The third kappa shape index (κ3) is 3.91. The Morgan fingerprint density at radius 2 is 1.93 bits per heavy atom. The number of nitrogens with zero attached hydrogens (tertiary/aromatic N) is 3. The van der Waals surface area contributed by atoms with Crippen LogP contribution in [0.4, 0.5) is 23.7 Å². The zero-order valence-corrected chi connectivity index (χ0v) is 15.3. The molecule has 0 saturated carbocycles. The maximum atomic E-state index is 12.8. The molecule has 3 aromatic rings. The highest BCUT2D eigenvalue weighted by atomic mass is 35.5. The summed E-state index contributed by atoms with van der Waals surface area (Å²) < 4.78 is 39.9. The summed E-state index contributed by atoms with van der Waals surface area (Å²) in [6, 6.07) is 2.96. The normalized spacial score (nSPS) is 11.5. The molecule has 0 radical (unpaired) electrons. The van der Waals surface area contributed by atoms with Crippen LogP contribution >= 0.6 is 11.6 Å². The van der Waals surface area contributed by atoms with Gasteiger partial charge in [0.15, 0.2) is 5.65 Å². The zero-order valence-electron chi connectivity index (χ0n) is 14.6.